The summed E-state index contributed by atoms with van der Waals surface area (Å²) < 4.78 is 24.7. The van der Waals surface area contributed by atoms with Crippen molar-refractivity contribution in [2.45, 2.75) is 39.2 Å². The van der Waals surface area contributed by atoms with Crippen LogP contribution in [0.2, 0.25) is 0 Å². The van der Waals surface area contributed by atoms with E-state index in [1.165, 1.54) is 5.56 Å². The standard InChI is InChI=1S/C18H23N3O3S/c1-12(2)14-4-6-16(7-5-14)21-13(3)10-17(20-21)18(22)19-15-8-9-25(23,24)11-15/h4-7,10,12,15H,8-9,11H2,1-3H3,(H,19,22). The molecular weight excluding hydrogens is 338 g/mol. The molecule has 1 fully saturated rings. The third-order valence-electron chi connectivity index (χ3n) is 4.49. The van der Waals surface area contributed by atoms with Crippen molar-refractivity contribution in [2.24, 2.45) is 0 Å². The zero-order chi connectivity index (χ0) is 18.2. The number of nitrogens with one attached hydrogen (secondary N) is 1. The summed E-state index contributed by atoms with van der Waals surface area (Å²) in [5, 5.41) is 7.16. The number of aryl methyl sites for hydroxylation is 1. The number of carbonyl (C=O) groups excluding carboxylic acids is 1. The quantitative estimate of drug-likeness (QED) is 0.905. The van der Waals surface area contributed by atoms with E-state index in [1.54, 1.807) is 10.7 Å². The lowest BCUT2D eigenvalue weighted by molar-refractivity contribution is 0.0935. The summed E-state index contributed by atoms with van der Waals surface area (Å²) in [6.07, 6.45) is 0.463. The minimum absolute atomic E-state index is 0.00902. The van der Waals surface area contributed by atoms with Crippen LogP contribution < -0.4 is 5.32 Å². The van der Waals surface area contributed by atoms with Gasteiger partial charge in [-0.15, -0.1) is 0 Å². The Hall–Kier alpha value is -2.15. The molecule has 0 bridgehead atoms. The molecule has 0 aliphatic carbocycles. The van der Waals surface area contributed by atoms with Crippen LogP contribution in [0.3, 0.4) is 0 Å². The highest BCUT2D eigenvalue weighted by atomic mass is 32.2. The Morgan fingerprint density at radius 2 is 1.96 bits per heavy atom. The molecule has 1 aliphatic rings. The van der Waals surface area contributed by atoms with Crippen LogP contribution in [0.5, 0.6) is 0 Å². The minimum atomic E-state index is -3.02. The van der Waals surface area contributed by atoms with E-state index in [0.717, 1.165) is 11.4 Å². The third kappa shape index (κ3) is 3.92. The molecule has 1 unspecified atom stereocenters. The average Bonchev–Trinajstić information content (AvgIpc) is 3.10. The number of benzene rings is 1. The average molecular weight is 361 g/mol. The normalized spacial score (nSPS) is 19.3. The third-order valence-corrected chi connectivity index (χ3v) is 6.26. The first-order valence-corrected chi connectivity index (χ1v) is 10.3. The van der Waals surface area contributed by atoms with Gasteiger partial charge < -0.3 is 5.32 Å². The van der Waals surface area contributed by atoms with Gasteiger partial charge in [0.15, 0.2) is 15.5 Å². The minimum Gasteiger partial charge on any atom is -0.347 e. The summed E-state index contributed by atoms with van der Waals surface area (Å²) in [5.41, 5.74) is 3.29. The van der Waals surface area contributed by atoms with Crippen molar-refractivity contribution in [3.05, 3.63) is 47.3 Å². The molecule has 1 saturated heterocycles. The molecule has 0 saturated carbocycles. The van der Waals surface area contributed by atoms with Crippen LogP contribution in [-0.4, -0.2) is 41.7 Å². The number of carbonyl (C=O) groups is 1. The van der Waals surface area contributed by atoms with Crippen LogP contribution in [0, 0.1) is 6.92 Å². The first-order valence-electron chi connectivity index (χ1n) is 8.43. The van der Waals surface area contributed by atoms with Crippen molar-refractivity contribution in [3.8, 4) is 5.69 Å². The summed E-state index contributed by atoms with van der Waals surface area (Å²) in [5.74, 6) is 0.266. The summed E-state index contributed by atoms with van der Waals surface area (Å²) in [4.78, 5) is 12.4. The van der Waals surface area contributed by atoms with Crippen molar-refractivity contribution < 1.29 is 13.2 Å². The summed E-state index contributed by atoms with van der Waals surface area (Å²) in [6, 6.07) is 9.48. The number of aromatic nitrogens is 2. The van der Waals surface area contributed by atoms with Gasteiger partial charge in [-0.05, 0) is 43.0 Å². The summed E-state index contributed by atoms with van der Waals surface area (Å²) in [7, 11) is -3.02. The Kier molecular flexibility index (Phi) is 4.69. The zero-order valence-electron chi connectivity index (χ0n) is 14.7. The second kappa shape index (κ2) is 6.63. The molecule has 0 spiro atoms. The van der Waals surface area contributed by atoms with E-state index in [1.807, 2.05) is 19.1 Å². The maximum Gasteiger partial charge on any atom is 0.272 e. The molecule has 0 radical (unpaired) electrons. The molecule has 3 rings (SSSR count). The Balaban J connectivity index is 1.76. The molecule has 1 aromatic heterocycles. The Labute approximate surface area is 148 Å². The molecule has 134 valence electrons. The van der Waals surface area contributed by atoms with Gasteiger partial charge in [-0.25, -0.2) is 13.1 Å². The van der Waals surface area contributed by atoms with Gasteiger partial charge in [-0.3, -0.25) is 4.79 Å². The fourth-order valence-electron chi connectivity index (χ4n) is 3.02. The van der Waals surface area contributed by atoms with E-state index in [9.17, 15) is 13.2 Å². The second-order valence-electron chi connectivity index (χ2n) is 6.90. The van der Waals surface area contributed by atoms with Gasteiger partial charge in [0.25, 0.3) is 5.91 Å². The van der Waals surface area contributed by atoms with Gasteiger partial charge in [0.1, 0.15) is 0 Å². The van der Waals surface area contributed by atoms with Crippen LogP contribution in [-0.2, 0) is 9.84 Å². The number of sulfone groups is 1. The molecule has 2 heterocycles. The summed E-state index contributed by atoms with van der Waals surface area (Å²) >= 11 is 0. The first kappa shape index (κ1) is 17.7. The van der Waals surface area contributed by atoms with Crippen molar-refractivity contribution >= 4 is 15.7 Å². The highest BCUT2D eigenvalue weighted by molar-refractivity contribution is 7.91. The molecular formula is C18H23N3O3S. The van der Waals surface area contributed by atoms with Crippen LogP contribution >= 0.6 is 0 Å². The number of rotatable bonds is 4. The molecule has 25 heavy (non-hydrogen) atoms. The lowest BCUT2D eigenvalue weighted by atomic mass is 10.0. The van der Waals surface area contributed by atoms with E-state index in [0.29, 0.717) is 18.0 Å². The van der Waals surface area contributed by atoms with Gasteiger partial charge in [0.2, 0.25) is 0 Å². The van der Waals surface area contributed by atoms with Crippen molar-refractivity contribution in [2.75, 3.05) is 11.5 Å². The van der Waals surface area contributed by atoms with E-state index in [4.69, 9.17) is 0 Å². The largest absolute Gasteiger partial charge is 0.347 e. The van der Waals surface area contributed by atoms with Gasteiger partial charge in [0.05, 0.1) is 17.2 Å². The Morgan fingerprint density at radius 1 is 1.28 bits per heavy atom. The fourth-order valence-corrected chi connectivity index (χ4v) is 4.69. The predicted octanol–water partition coefficient (Wildman–Crippen LogP) is 2.22. The first-order chi connectivity index (χ1) is 11.7. The number of nitrogens with zero attached hydrogens (tertiary/aromatic N) is 2. The van der Waals surface area contributed by atoms with Crippen molar-refractivity contribution in [1.29, 1.82) is 0 Å². The fraction of sp³-hybridized carbons (Fsp3) is 0.444. The Bertz CT molecular complexity index is 883. The molecule has 1 aromatic carbocycles. The van der Waals surface area contributed by atoms with Gasteiger partial charge in [-0.1, -0.05) is 26.0 Å². The maximum atomic E-state index is 12.4. The molecule has 1 amide bonds. The molecule has 1 aliphatic heterocycles. The van der Waals surface area contributed by atoms with Crippen LogP contribution in [0.4, 0.5) is 0 Å². The number of amides is 1. The van der Waals surface area contributed by atoms with Crippen molar-refractivity contribution in [1.82, 2.24) is 15.1 Å². The second-order valence-corrected chi connectivity index (χ2v) is 9.13. The SMILES string of the molecule is Cc1cc(C(=O)NC2CCS(=O)(=O)C2)nn1-c1ccc(C(C)C)cc1. The topological polar surface area (TPSA) is 81.1 Å². The maximum absolute atomic E-state index is 12.4. The molecule has 2 aromatic rings. The number of hydrogen-bond donors (Lipinski definition) is 1. The van der Waals surface area contributed by atoms with Gasteiger partial charge in [0, 0.05) is 11.7 Å². The number of hydrogen-bond acceptors (Lipinski definition) is 4. The lowest BCUT2D eigenvalue weighted by Crippen LogP contribution is -2.35. The Morgan fingerprint density at radius 3 is 2.52 bits per heavy atom. The molecule has 1 atom stereocenters. The van der Waals surface area contributed by atoms with E-state index < -0.39 is 9.84 Å². The van der Waals surface area contributed by atoms with E-state index >= 15 is 0 Å². The zero-order valence-corrected chi connectivity index (χ0v) is 15.5. The van der Waals surface area contributed by atoms with Gasteiger partial charge in [-0.2, -0.15) is 5.10 Å². The van der Waals surface area contributed by atoms with Crippen LogP contribution in [0.1, 0.15) is 47.9 Å². The summed E-state index contributed by atoms with van der Waals surface area (Å²) in [6.45, 7) is 6.17. The highest BCUT2D eigenvalue weighted by Gasteiger charge is 2.29. The molecule has 7 heteroatoms. The molecule has 6 nitrogen and oxygen atoms in total. The highest BCUT2D eigenvalue weighted by Crippen LogP contribution is 2.18. The predicted molar refractivity (Wildman–Crippen MR) is 96.9 cm³/mol. The van der Waals surface area contributed by atoms with E-state index in [2.05, 4.69) is 36.4 Å². The smallest absolute Gasteiger partial charge is 0.272 e. The lowest BCUT2D eigenvalue weighted by Gasteiger charge is -2.09. The van der Waals surface area contributed by atoms with E-state index in [-0.39, 0.29) is 23.5 Å². The van der Waals surface area contributed by atoms with Crippen LogP contribution in [0.15, 0.2) is 30.3 Å². The van der Waals surface area contributed by atoms with Crippen molar-refractivity contribution in [3.63, 3.8) is 0 Å². The van der Waals surface area contributed by atoms with Crippen LogP contribution in [0.25, 0.3) is 5.69 Å². The molecule has 1 N–H and O–H groups in total. The van der Waals surface area contributed by atoms with Gasteiger partial charge >= 0.3 is 0 Å². The monoisotopic (exact) mass is 361 g/mol.